The zero-order valence-electron chi connectivity index (χ0n) is 15.7. The molecular weight excluding hydrogens is 312 g/mol. The number of nitrogens with zero attached hydrogens (tertiary/aromatic N) is 1. The van der Waals surface area contributed by atoms with Crippen LogP contribution in [0.4, 0.5) is 0 Å². The van der Waals surface area contributed by atoms with E-state index >= 15 is 0 Å². The van der Waals surface area contributed by atoms with E-state index in [0.717, 1.165) is 32.4 Å². The molecule has 1 aromatic rings. The summed E-state index contributed by atoms with van der Waals surface area (Å²) in [6, 6.07) is 8.82. The number of carbonyl (C=O) groups excluding carboxylic acids is 2. The first-order chi connectivity index (χ1) is 11.9. The molecule has 2 aliphatic rings. The normalized spacial score (nSPS) is 21.4. The first-order valence-corrected chi connectivity index (χ1v) is 9.62. The number of amides is 2. The lowest BCUT2D eigenvalue weighted by molar-refractivity contribution is -0.132. The summed E-state index contributed by atoms with van der Waals surface area (Å²) in [7, 11) is 0. The van der Waals surface area contributed by atoms with Gasteiger partial charge in [-0.3, -0.25) is 9.59 Å². The monoisotopic (exact) mass is 342 g/mol. The van der Waals surface area contributed by atoms with Gasteiger partial charge in [0.1, 0.15) is 0 Å². The second-order valence-corrected chi connectivity index (χ2v) is 7.93. The molecule has 1 heterocycles. The van der Waals surface area contributed by atoms with E-state index < -0.39 is 0 Å². The van der Waals surface area contributed by atoms with E-state index in [-0.39, 0.29) is 23.3 Å². The summed E-state index contributed by atoms with van der Waals surface area (Å²) in [6.07, 6.45) is 4.21. The van der Waals surface area contributed by atoms with E-state index in [0.29, 0.717) is 18.8 Å². The summed E-state index contributed by atoms with van der Waals surface area (Å²) >= 11 is 0. The Morgan fingerprint density at radius 1 is 1.24 bits per heavy atom. The van der Waals surface area contributed by atoms with Gasteiger partial charge < -0.3 is 10.2 Å². The van der Waals surface area contributed by atoms with Crippen molar-refractivity contribution in [3.63, 3.8) is 0 Å². The fourth-order valence-electron chi connectivity index (χ4n) is 4.70. The summed E-state index contributed by atoms with van der Waals surface area (Å²) in [5, 5.41) is 3.03. The van der Waals surface area contributed by atoms with Gasteiger partial charge in [-0.15, -0.1) is 0 Å². The molecule has 3 rings (SSSR count). The number of fused-ring (bicyclic) bond motifs is 2. The molecule has 2 amide bonds. The SMILES string of the molecule is CCC(=O)N1CCC2(CC1)CC(CC(=O)NC(C)C)c1ccccc12. The first kappa shape index (κ1) is 18.0. The first-order valence-electron chi connectivity index (χ1n) is 9.62. The number of carbonyl (C=O) groups is 2. The quantitative estimate of drug-likeness (QED) is 0.912. The van der Waals surface area contributed by atoms with E-state index in [1.165, 1.54) is 11.1 Å². The Kier molecular flexibility index (Phi) is 5.16. The maximum atomic E-state index is 12.3. The minimum atomic E-state index is 0.143. The van der Waals surface area contributed by atoms with Crippen molar-refractivity contribution in [1.29, 1.82) is 0 Å². The van der Waals surface area contributed by atoms with Gasteiger partial charge in [0.25, 0.3) is 0 Å². The van der Waals surface area contributed by atoms with Crippen molar-refractivity contribution in [3.05, 3.63) is 35.4 Å². The van der Waals surface area contributed by atoms with Crippen molar-refractivity contribution in [2.45, 2.75) is 70.3 Å². The Labute approximate surface area is 151 Å². The number of hydrogen-bond acceptors (Lipinski definition) is 2. The molecule has 1 fully saturated rings. The van der Waals surface area contributed by atoms with Crippen LogP contribution in [0.1, 0.15) is 69.9 Å². The molecule has 1 spiro atoms. The van der Waals surface area contributed by atoms with Crippen LogP contribution in [0, 0.1) is 0 Å². The van der Waals surface area contributed by atoms with Crippen molar-refractivity contribution in [1.82, 2.24) is 10.2 Å². The lowest BCUT2D eigenvalue weighted by Gasteiger charge is -2.40. The van der Waals surface area contributed by atoms with Gasteiger partial charge in [-0.2, -0.15) is 0 Å². The highest BCUT2D eigenvalue weighted by Crippen LogP contribution is 2.52. The molecule has 1 N–H and O–H groups in total. The van der Waals surface area contributed by atoms with Gasteiger partial charge in [0, 0.05) is 32.0 Å². The molecule has 0 aromatic heterocycles. The van der Waals surface area contributed by atoms with E-state index in [4.69, 9.17) is 0 Å². The summed E-state index contributed by atoms with van der Waals surface area (Å²) in [6.45, 7) is 7.61. The van der Waals surface area contributed by atoms with E-state index in [2.05, 4.69) is 29.6 Å². The minimum absolute atomic E-state index is 0.143. The second kappa shape index (κ2) is 7.19. The van der Waals surface area contributed by atoms with E-state index in [9.17, 15) is 9.59 Å². The average molecular weight is 342 g/mol. The van der Waals surface area contributed by atoms with Gasteiger partial charge in [-0.05, 0) is 55.6 Å². The predicted molar refractivity (Wildman–Crippen MR) is 99.5 cm³/mol. The largest absolute Gasteiger partial charge is 0.354 e. The molecule has 0 bridgehead atoms. The number of piperidine rings is 1. The van der Waals surface area contributed by atoms with Gasteiger partial charge in [-0.1, -0.05) is 31.2 Å². The highest BCUT2D eigenvalue weighted by Gasteiger charge is 2.45. The van der Waals surface area contributed by atoms with Crippen LogP contribution in [0.25, 0.3) is 0 Å². The Morgan fingerprint density at radius 2 is 1.92 bits per heavy atom. The van der Waals surface area contributed by atoms with Crippen LogP contribution in [0.5, 0.6) is 0 Å². The van der Waals surface area contributed by atoms with Crippen LogP contribution >= 0.6 is 0 Å². The molecule has 1 aliphatic carbocycles. The smallest absolute Gasteiger partial charge is 0.222 e. The van der Waals surface area contributed by atoms with Gasteiger partial charge in [-0.25, -0.2) is 0 Å². The van der Waals surface area contributed by atoms with Crippen molar-refractivity contribution in [2.75, 3.05) is 13.1 Å². The lowest BCUT2D eigenvalue weighted by atomic mass is 9.73. The molecule has 1 saturated heterocycles. The van der Waals surface area contributed by atoms with Crippen molar-refractivity contribution >= 4 is 11.8 Å². The molecule has 136 valence electrons. The third kappa shape index (κ3) is 3.58. The lowest BCUT2D eigenvalue weighted by Crippen LogP contribution is -2.44. The molecule has 0 radical (unpaired) electrons. The van der Waals surface area contributed by atoms with Crippen molar-refractivity contribution in [3.8, 4) is 0 Å². The molecule has 4 nitrogen and oxygen atoms in total. The van der Waals surface area contributed by atoms with Gasteiger partial charge in [0.15, 0.2) is 0 Å². The Morgan fingerprint density at radius 3 is 2.56 bits per heavy atom. The van der Waals surface area contributed by atoms with Crippen LogP contribution in [0.2, 0.25) is 0 Å². The van der Waals surface area contributed by atoms with E-state index in [1.54, 1.807) is 0 Å². The zero-order chi connectivity index (χ0) is 18.0. The van der Waals surface area contributed by atoms with Crippen LogP contribution in [0.3, 0.4) is 0 Å². The topological polar surface area (TPSA) is 49.4 Å². The van der Waals surface area contributed by atoms with Crippen LogP contribution in [0.15, 0.2) is 24.3 Å². The molecule has 0 saturated carbocycles. The minimum Gasteiger partial charge on any atom is -0.354 e. The summed E-state index contributed by atoms with van der Waals surface area (Å²) in [5.41, 5.74) is 2.90. The third-order valence-corrected chi connectivity index (χ3v) is 5.87. The zero-order valence-corrected chi connectivity index (χ0v) is 15.7. The standard InChI is InChI=1S/C21H30N2O2/c1-4-20(25)23-11-9-21(10-12-23)14-16(13-19(24)22-15(2)3)17-7-5-6-8-18(17)21/h5-8,15-16H,4,9-14H2,1-3H3,(H,22,24). The second-order valence-electron chi connectivity index (χ2n) is 7.93. The van der Waals surface area contributed by atoms with Crippen LogP contribution in [-0.2, 0) is 15.0 Å². The average Bonchev–Trinajstić information content (AvgIpc) is 2.88. The Balaban J connectivity index is 1.77. The third-order valence-electron chi connectivity index (χ3n) is 5.87. The molecule has 1 aliphatic heterocycles. The molecule has 25 heavy (non-hydrogen) atoms. The number of nitrogens with one attached hydrogen (secondary N) is 1. The highest BCUT2D eigenvalue weighted by molar-refractivity contribution is 5.78. The maximum absolute atomic E-state index is 12.3. The number of likely N-dealkylation sites (tertiary alicyclic amines) is 1. The van der Waals surface area contributed by atoms with Crippen molar-refractivity contribution in [2.24, 2.45) is 0 Å². The number of rotatable bonds is 4. The van der Waals surface area contributed by atoms with Crippen molar-refractivity contribution < 1.29 is 9.59 Å². The molecule has 1 atom stereocenters. The van der Waals surface area contributed by atoms with Gasteiger partial charge in [0.05, 0.1) is 0 Å². The fraction of sp³-hybridized carbons (Fsp3) is 0.619. The number of benzene rings is 1. The van der Waals surface area contributed by atoms with Crippen LogP contribution < -0.4 is 5.32 Å². The molecular formula is C21H30N2O2. The summed E-state index contributed by atoms with van der Waals surface area (Å²) < 4.78 is 0. The molecule has 4 heteroatoms. The van der Waals surface area contributed by atoms with Gasteiger partial charge in [0.2, 0.25) is 11.8 Å². The number of hydrogen-bond donors (Lipinski definition) is 1. The molecule has 1 unspecified atom stereocenters. The van der Waals surface area contributed by atoms with E-state index in [1.807, 2.05) is 25.7 Å². The molecule has 1 aromatic carbocycles. The maximum Gasteiger partial charge on any atom is 0.222 e. The summed E-state index contributed by atoms with van der Waals surface area (Å²) in [5.74, 6) is 0.697. The Bertz CT molecular complexity index is 645. The summed E-state index contributed by atoms with van der Waals surface area (Å²) in [4.78, 5) is 26.3. The Hall–Kier alpha value is -1.84. The van der Waals surface area contributed by atoms with Gasteiger partial charge >= 0.3 is 0 Å². The predicted octanol–water partition coefficient (Wildman–Crippen LogP) is 3.36. The highest BCUT2D eigenvalue weighted by atomic mass is 16.2. The fourth-order valence-corrected chi connectivity index (χ4v) is 4.70. The van der Waals surface area contributed by atoms with Crippen LogP contribution in [-0.4, -0.2) is 35.8 Å².